The summed E-state index contributed by atoms with van der Waals surface area (Å²) in [5.41, 5.74) is 4.94. The lowest BCUT2D eigenvalue weighted by Crippen LogP contribution is -2.52. The first-order valence-corrected chi connectivity index (χ1v) is 11.0. The molecular weight excluding hydrogens is 400 g/mol. The Morgan fingerprint density at radius 1 is 1.27 bits per heavy atom. The number of aromatic nitrogens is 1. The summed E-state index contributed by atoms with van der Waals surface area (Å²) < 4.78 is 0. The van der Waals surface area contributed by atoms with Gasteiger partial charge in [0.2, 0.25) is 17.7 Å². The van der Waals surface area contributed by atoms with Crippen molar-refractivity contribution in [2.24, 2.45) is 5.92 Å². The summed E-state index contributed by atoms with van der Waals surface area (Å²) in [6, 6.07) is 6.89. The van der Waals surface area contributed by atoms with Crippen molar-refractivity contribution in [1.29, 1.82) is 0 Å². The maximum absolute atomic E-state index is 12.8. The van der Waals surface area contributed by atoms with Crippen molar-refractivity contribution in [3.05, 3.63) is 41.0 Å². The lowest BCUT2D eigenvalue weighted by atomic mass is 10.1. The summed E-state index contributed by atoms with van der Waals surface area (Å²) in [5, 5.41) is 5.57. The number of hydrogen-bond acceptors (Lipinski definition) is 5. The molecule has 30 heavy (non-hydrogen) atoms. The van der Waals surface area contributed by atoms with Gasteiger partial charge in [-0.1, -0.05) is 31.2 Å². The van der Waals surface area contributed by atoms with Crippen LogP contribution >= 0.6 is 11.3 Å². The monoisotopic (exact) mass is 428 g/mol. The van der Waals surface area contributed by atoms with Crippen molar-refractivity contribution in [1.82, 2.24) is 20.5 Å². The highest BCUT2D eigenvalue weighted by Gasteiger charge is 2.39. The molecular formula is C22H28N4O3S. The Balaban J connectivity index is 1.61. The number of carbonyl (C=O) groups excluding carboxylic acids is 3. The van der Waals surface area contributed by atoms with E-state index in [0.29, 0.717) is 19.5 Å². The zero-order valence-corrected chi connectivity index (χ0v) is 18.6. The highest BCUT2D eigenvalue weighted by atomic mass is 32.1. The number of benzene rings is 1. The largest absolute Gasteiger partial charge is 0.350 e. The van der Waals surface area contributed by atoms with Gasteiger partial charge in [0.05, 0.1) is 16.1 Å². The predicted octanol–water partition coefficient (Wildman–Crippen LogP) is 2.50. The molecule has 2 heterocycles. The second-order valence-corrected chi connectivity index (χ2v) is 8.81. The van der Waals surface area contributed by atoms with E-state index in [1.807, 2.05) is 43.6 Å². The molecule has 0 bridgehead atoms. The van der Waals surface area contributed by atoms with Crippen LogP contribution in [0.1, 0.15) is 38.4 Å². The van der Waals surface area contributed by atoms with E-state index in [2.05, 4.69) is 15.6 Å². The zero-order chi connectivity index (χ0) is 21.8. The molecule has 3 rings (SSSR count). The number of nitrogens with one attached hydrogen (secondary N) is 2. The summed E-state index contributed by atoms with van der Waals surface area (Å²) in [7, 11) is 0. The smallest absolute Gasteiger partial charge is 0.245 e. The van der Waals surface area contributed by atoms with Gasteiger partial charge in [0.1, 0.15) is 12.1 Å². The molecule has 160 valence electrons. The average molecular weight is 429 g/mol. The van der Waals surface area contributed by atoms with Crippen LogP contribution in [0, 0.1) is 12.8 Å². The Hall–Kier alpha value is -2.74. The maximum atomic E-state index is 12.8. The molecule has 2 N–H and O–H groups in total. The van der Waals surface area contributed by atoms with Crippen molar-refractivity contribution < 1.29 is 14.4 Å². The van der Waals surface area contributed by atoms with Crippen LogP contribution in [0.4, 0.5) is 0 Å². The number of likely N-dealkylation sites (tertiary alicyclic amines) is 1. The Morgan fingerprint density at radius 3 is 2.57 bits per heavy atom. The van der Waals surface area contributed by atoms with E-state index in [1.54, 1.807) is 23.2 Å². The fourth-order valence-corrected chi connectivity index (χ4v) is 4.62. The summed E-state index contributed by atoms with van der Waals surface area (Å²) in [4.78, 5) is 43.8. The van der Waals surface area contributed by atoms with Gasteiger partial charge in [-0.2, -0.15) is 0 Å². The fraction of sp³-hybridized carbons (Fsp3) is 0.455. The average Bonchev–Trinajstić information content (AvgIpc) is 3.31. The molecule has 7 nitrogen and oxygen atoms in total. The van der Waals surface area contributed by atoms with Gasteiger partial charge in [-0.15, -0.1) is 11.3 Å². The molecule has 0 aliphatic carbocycles. The molecule has 1 aliphatic rings. The normalized spacial score (nSPS) is 19.4. The van der Waals surface area contributed by atoms with E-state index in [0.717, 1.165) is 21.7 Å². The molecule has 0 saturated carbocycles. The van der Waals surface area contributed by atoms with Gasteiger partial charge in [0.15, 0.2) is 0 Å². The van der Waals surface area contributed by atoms with Crippen LogP contribution in [-0.2, 0) is 20.9 Å². The van der Waals surface area contributed by atoms with E-state index in [4.69, 9.17) is 0 Å². The second-order valence-electron chi connectivity index (χ2n) is 7.95. The highest BCUT2D eigenvalue weighted by molar-refractivity contribution is 7.13. The standard InChI is InChI=1S/C22H28N4O3S/c1-13-9-19(26(11-13)22(29)15(3)25-16(4)27)21(28)23-10-17-5-7-18(8-6-17)20-14(2)24-12-30-20/h5-8,12-13,15,19H,9-11H2,1-4H3,(H,23,28)(H,25,27)/t13-,15-,19+/m1/s1. The number of aryl methyl sites for hydroxylation is 1. The molecule has 1 aliphatic heterocycles. The van der Waals surface area contributed by atoms with E-state index >= 15 is 0 Å². The molecule has 1 saturated heterocycles. The van der Waals surface area contributed by atoms with Crippen molar-refractivity contribution in [2.75, 3.05) is 6.54 Å². The molecule has 3 atom stereocenters. The quantitative estimate of drug-likeness (QED) is 0.740. The molecule has 3 amide bonds. The first kappa shape index (κ1) is 22.0. The van der Waals surface area contributed by atoms with Gasteiger partial charge in [0.25, 0.3) is 0 Å². The Kier molecular flexibility index (Phi) is 6.87. The van der Waals surface area contributed by atoms with Gasteiger partial charge in [-0.3, -0.25) is 14.4 Å². The summed E-state index contributed by atoms with van der Waals surface area (Å²) in [6.07, 6.45) is 0.619. The van der Waals surface area contributed by atoms with Crippen LogP contribution in [0.2, 0.25) is 0 Å². The van der Waals surface area contributed by atoms with E-state index in [-0.39, 0.29) is 23.6 Å². The van der Waals surface area contributed by atoms with Crippen LogP contribution in [-0.4, -0.2) is 46.2 Å². The van der Waals surface area contributed by atoms with Crippen molar-refractivity contribution >= 4 is 29.1 Å². The lowest BCUT2D eigenvalue weighted by molar-refractivity contribution is -0.140. The minimum atomic E-state index is -0.647. The van der Waals surface area contributed by atoms with Crippen molar-refractivity contribution in [3.8, 4) is 10.4 Å². The number of amides is 3. The fourth-order valence-electron chi connectivity index (χ4n) is 3.81. The number of rotatable bonds is 6. The molecule has 1 fully saturated rings. The topological polar surface area (TPSA) is 91.4 Å². The van der Waals surface area contributed by atoms with Gasteiger partial charge in [-0.25, -0.2) is 4.98 Å². The van der Waals surface area contributed by atoms with Crippen LogP contribution in [0.25, 0.3) is 10.4 Å². The second kappa shape index (κ2) is 9.38. The molecule has 8 heteroatoms. The van der Waals surface area contributed by atoms with Crippen LogP contribution in [0.5, 0.6) is 0 Å². The summed E-state index contributed by atoms with van der Waals surface area (Å²) in [5.74, 6) is -0.415. The van der Waals surface area contributed by atoms with E-state index in [9.17, 15) is 14.4 Å². The first-order valence-electron chi connectivity index (χ1n) is 10.1. The molecule has 1 aromatic carbocycles. The number of nitrogens with zero attached hydrogens (tertiary/aromatic N) is 2. The Morgan fingerprint density at radius 2 is 1.97 bits per heavy atom. The molecule has 0 spiro atoms. The third-order valence-electron chi connectivity index (χ3n) is 5.31. The molecule has 0 unspecified atom stereocenters. The van der Waals surface area contributed by atoms with Gasteiger partial charge >= 0.3 is 0 Å². The number of thiazole rings is 1. The maximum Gasteiger partial charge on any atom is 0.245 e. The lowest BCUT2D eigenvalue weighted by Gasteiger charge is -2.27. The van der Waals surface area contributed by atoms with Gasteiger partial charge < -0.3 is 15.5 Å². The third-order valence-corrected chi connectivity index (χ3v) is 6.29. The molecule has 0 radical (unpaired) electrons. The predicted molar refractivity (Wildman–Crippen MR) is 117 cm³/mol. The SMILES string of the molecule is CC(=O)N[C@H](C)C(=O)N1C[C@H](C)C[C@H]1C(=O)NCc1ccc(-c2scnc2C)cc1. The molecule has 2 aromatic rings. The van der Waals surface area contributed by atoms with Crippen molar-refractivity contribution in [3.63, 3.8) is 0 Å². The van der Waals surface area contributed by atoms with Crippen molar-refractivity contribution in [2.45, 2.75) is 52.7 Å². The third kappa shape index (κ3) is 5.05. The summed E-state index contributed by atoms with van der Waals surface area (Å²) in [6.45, 7) is 7.95. The van der Waals surface area contributed by atoms with Crippen LogP contribution in [0.15, 0.2) is 29.8 Å². The minimum Gasteiger partial charge on any atom is -0.350 e. The Labute approximate surface area is 180 Å². The van der Waals surface area contributed by atoms with Gasteiger partial charge in [0, 0.05) is 20.0 Å². The Bertz CT molecular complexity index is 925. The first-order chi connectivity index (χ1) is 14.3. The summed E-state index contributed by atoms with van der Waals surface area (Å²) >= 11 is 1.61. The highest BCUT2D eigenvalue weighted by Crippen LogP contribution is 2.27. The number of hydrogen-bond donors (Lipinski definition) is 2. The minimum absolute atomic E-state index is 0.162. The van der Waals surface area contributed by atoms with E-state index in [1.165, 1.54) is 6.92 Å². The zero-order valence-electron chi connectivity index (χ0n) is 17.8. The van der Waals surface area contributed by atoms with Gasteiger partial charge in [-0.05, 0) is 37.3 Å². The van der Waals surface area contributed by atoms with Crippen LogP contribution in [0.3, 0.4) is 0 Å². The molecule has 1 aromatic heterocycles. The van der Waals surface area contributed by atoms with Crippen LogP contribution < -0.4 is 10.6 Å². The van der Waals surface area contributed by atoms with E-state index < -0.39 is 12.1 Å². The number of carbonyl (C=O) groups is 3.